The topological polar surface area (TPSA) is 192 Å². The van der Waals surface area contributed by atoms with Crippen molar-refractivity contribution in [1.29, 1.82) is 0 Å². The number of allylic oxidation sites excluding steroid dienone is 11. The maximum absolute atomic E-state index is 12.5. The molecule has 0 fully saturated rings. The number of carbonyl (C=O) groups excluding carboxylic acids is 2. The molecule has 53 heavy (non-hydrogen) atoms. The number of carbonyl (C=O) groups is 3. The number of hydrogen-bond acceptors (Lipinski definition) is 10. The van der Waals surface area contributed by atoms with Crippen LogP contribution in [0.1, 0.15) is 123 Å². The molecule has 5 N–H and O–H groups in total. The highest BCUT2D eigenvalue weighted by Crippen LogP contribution is 2.43. The summed E-state index contributed by atoms with van der Waals surface area (Å²) in [5.41, 5.74) is 5.30. The number of aliphatic hydroxyl groups is 1. The van der Waals surface area contributed by atoms with Gasteiger partial charge >= 0.3 is 25.7 Å². The van der Waals surface area contributed by atoms with E-state index in [1.165, 1.54) is 12.8 Å². The summed E-state index contributed by atoms with van der Waals surface area (Å²) >= 11 is 0. The molecule has 12 nitrogen and oxygen atoms in total. The Balaban J connectivity index is 4.66. The summed E-state index contributed by atoms with van der Waals surface area (Å²) < 4.78 is 32.4. The molecule has 0 amide bonds. The predicted octanol–water partition coefficient (Wildman–Crippen LogP) is 8.36. The van der Waals surface area contributed by atoms with E-state index in [0.29, 0.717) is 19.3 Å². The molecule has 0 aliphatic carbocycles. The lowest BCUT2D eigenvalue weighted by Gasteiger charge is -2.20. The molecular weight excluding hydrogens is 701 g/mol. The molecule has 0 aromatic rings. The minimum absolute atomic E-state index is 0.0143. The fraction of sp³-hybridized carbons (Fsp3) is 0.625. The van der Waals surface area contributed by atoms with Crippen molar-refractivity contribution < 1.29 is 52.6 Å². The number of unbranched alkanes of at least 4 members (excludes halogenated alkanes) is 7. The van der Waals surface area contributed by atoms with Crippen LogP contribution in [0.5, 0.6) is 0 Å². The largest absolute Gasteiger partial charge is 0.480 e. The fourth-order valence-electron chi connectivity index (χ4n) is 4.48. The van der Waals surface area contributed by atoms with Gasteiger partial charge < -0.3 is 30.3 Å². The SMILES string of the molecule is CC/C=C\C/C=C\C/C=C\C/C=C\C=C\C(O)CCCC(=O)OC[C@H](COP(=O)(O)OC[C@H](N)C(=O)O)OC(=O)CCCCCCC/C=C\CCCC. The highest BCUT2D eigenvalue weighted by atomic mass is 31.2. The van der Waals surface area contributed by atoms with E-state index in [2.05, 4.69) is 67.0 Å². The molecule has 0 aliphatic rings. The first kappa shape index (κ1) is 49.9. The lowest BCUT2D eigenvalue weighted by atomic mass is 10.1. The first-order valence-corrected chi connectivity index (χ1v) is 20.6. The van der Waals surface area contributed by atoms with E-state index in [1.807, 2.05) is 12.2 Å². The third kappa shape index (κ3) is 34.4. The van der Waals surface area contributed by atoms with Crippen molar-refractivity contribution >= 4 is 25.7 Å². The first-order valence-electron chi connectivity index (χ1n) is 19.1. The van der Waals surface area contributed by atoms with Gasteiger partial charge in [0.25, 0.3) is 0 Å². The normalized spacial score (nSPS) is 15.3. The molecule has 0 saturated carbocycles. The van der Waals surface area contributed by atoms with E-state index < -0.39 is 63.8 Å². The number of esters is 2. The van der Waals surface area contributed by atoms with Gasteiger partial charge in [-0.3, -0.25) is 23.4 Å². The number of aliphatic carboxylic acids is 1. The van der Waals surface area contributed by atoms with E-state index in [-0.39, 0.29) is 12.8 Å². The summed E-state index contributed by atoms with van der Waals surface area (Å²) in [4.78, 5) is 45.7. The van der Waals surface area contributed by atoms with Gasteiger partial charge in [-0.2, -0.15) is 0 Å². The highest BCUT2D eigenvalue weighted by molar-refractivity contribution is 7.47. The lowest BCUT2D eigenvalue weighted by Crippen LogP contribution is -2.34. The van der Waals surface area contributed by atoms with Gasteiger partial charge in [0.2, 0.25) is 0 Å². The molecule has 0 aromatic carbocycles. The Kier molecular flexibility index (Phi) is 32.6. The zero-order valence-electron chi connectivity index (χ0n) is 31.9. The van der Waals surface area contributed by atoms with Gasteiger partial charge in [-0.05, 0) is 64.2 Å². The van der Waals surface area contributed by atoms with Crippen molar-refractivity contribution in [1.82, 2.24) is 0 Å². The van der Waals surface area contributed by atoms with Gasteiger partial charge in [-0.15, -0.1) is 0 Å². The second kappa shape index (κ2) is 34.6. The Morgan fingerprint density at radius 1 is 0.698 bits per heavy atom. The van der Waals surface area contributed by atoms with Crippen molar-refractivity contribution in [3.05, 3.63) is 72.9 Å². The molecular formula is C40H66NO11P. The van der Waals surface area contributed by atoms with Gasteiger partial charge in [0.1, 0.15) is 12.6 Å². The van der Waals surface area contributed by atoms with Crippen molar-refractivity contribution in [3.8, 4) is 0 Å². The number of phosphoric ester groups is 1. The molecule has 0 radical (unpaired) electrons. The summed E-state index contributed by atoms with van der Waals surface area (Å²) in [6, 6.07) is -1.55. The number of phosphoric acid groups is 1. The second-order valence-electron chi connectivity index (χ2n) is 12.5. The molecule has 4 atom stereocenters. The molecule has 0 aromatic heterocycles. The Hall–Kier alpha value is -3.12. The summed E-state index contributed by atoms with van der Waals surface area (Å²) in [5, 5.41) is 19.1. The number of ether oxygens (including phenoxy) is 2. The predicted molar refractivity (Wildman–Crippen MR) is 209 cm³/mol. The minimum Gasteiger partial charge on any atom is -0.480 e. The monoisotopic (exact) mass is 767 g/mol. The Labute approximate surface area is 317 Å². The van der Waals surface area contributed by atoms with E-state index in [0.717, 1.165) is 64.2 Å². The molecule has 0 saturated heterocycles. The summed E-state index contributed by atoms with van der Waals surface area (Å²) in [5.74, 6) is -2.63. The maximum Gasteiger partial charge on any atom is 0.472 e. The molecule has 0 heterocycles. The van der Waals surface area contributed by atoms with Crippen LogP contribution in [0.4, 0.5) is 0 Å². The molecule has 13 heteroatoms. The third-order valence-corrected chi connectivity index (χ3v) is 8.49. The van der Waals surface area contributed by atoms with Crippen LogP contribution in [0.15, 0.2) is 72.9 Å². The van der Waals surface area contributed by atoms with Crippen LogP contribution in [0.25, 0.3) is 0 Å². The van der Waals surface area contributed by atoms with E-state index in [1.54, 1.807) is 12.2 Å². The van der Waals surface area contributed by atoms with Crippen LogP contribution in [0.3, 0.4) is 0 Å². The number of hydrogen-bond donors (Lipinski definition) is 4. The van der Waals surface area contributed by atoms with Crippen molar-refractivity contribution in [2.24, 2.45) is 5.73 Å². The van der Waals surface area contributed by atoms with E-state index in [9.17, 15) is 28.9 Å². The highest BCUT2D eigenvalue weighted by Gasteiger charge is 2.28. The Morgan fingerprint density at radius 2 is 1.28 bits per heavy atom. The second-order valence-corrected chi connectivity index (χ2v) is 14.0. The minimum atomic E-state index is -4.76. The fourth-order valence-corrected chi connectivity index (χ4v) is 5.26. The van der Waals surface area contributed by atoms with Crippen LogP contribution in [-0.2, 0) is 37.5 Å². The first-order chi connectivity index (χ1) is 25.5. The smallest absolute Gasteiger partial charge is 0.472 e. The van der Waals surface area contributed by atoms with Crippen LogP contribution in [0, 0.1) is 0 Å². The molecule has 2 unspecified atom stereocenters. The van der Waals surface area contributed by atoms with E-state index in [4.69, 9.17) is 24.8 Å². The van der Waals surface area contributed by atoms with Gasteiger partial charge in [-0.25, -0.2) is 4.57 Å². The van der Waals surface area contributed by atoms with Crippen molar-refractivity contribution in [3.63, 3.8) is 0 Å². The molecule has 0 spiro atoms. The lowest BCUT2D eigenvalue weighted by molar-refractivity contribution is -0.161. The summed E-state index contributed by atoms with van der Waals surface area (Å²) in [6.07, 6.45) is 35.9. The Morgan fingerprint density at radius 3 is 1.94 bits per heavy atom. The van der Waals surface area contributed by atoms with Crippen molar-refractivity contribution in [2.45, 2.75) is 141 Å². The quantitative estimate of drug-likeness (QED) is 0.0161. The molecule has 0 aliphatic heterocycles. The zero-order chi connectivity index (χ0) is 39.4. The molecule has 302 valence electrons. The number of aliphatic hydroxyl groups excluding tert-OH is 1. The molecule has 0 rings (SSSR count). The van der Waals surface area contributed by atoms with E-state index >= 15 is 0 Å². The van der Waals surface area contributed by atoms with Crippen LogP contribution in [-0.4, -0.2) is 71.1 Å². The maximum atomic E-state index is 12.5. The molecule has 0 bridgehead atoms. The Bertz CT molecular complexity index is 1200. The average molecular weight is 768 g/mol. The van der Waals surface area contributed by atoms with Gasteiger partial charge in [-0.1, -0.05) is 119 Å². The number of rotatable bonds is 34. The average Bonchev–Trinajstić information content (AvgIpc) is 3.12. The van der Waals surface area contributed by atoms with Crippen molar-refractivity contribution in [2.75, 3.05) is 19.8 Å². The number of carboxylic acid groups (broad SMARTS) is 1. The van der Waals surface area contributed by atoms with Crippen LogP contribution >= 0.6 is 7.82 Å². The van der Waals surface area contributed by atoms with Gasteiger partial charge in [0, 0.05) is 12.8 Å². The summed E-state index contributed by atoms with van der Waals surface area (Å²) in [6.45, 7) is 2.40. The number of nitrogens with two attached hydrogens (primary N) is 1. The zero-order valence-corrected chi connectivity index (χ0v) is 32.8. The van der Waals surface area contributed by atoms with Gasteiger partial charge in [0.15, 0.2) is 6.10 Å². The van der Waals surface area contributed by atoms with Crippen LogP contribution in [0.2, 0.25) is 0 Å². The summed E-state index contributed by atoms with van der Waals surface area (Å²) in [7, 11) is -4.76. The standard InChI is InChI=1S/C40H66NO11P/c1-3-5-7-9-11-13-15-16-18-19-21-23-25-28-35(42)29-27-31-38(43)49-32-36(33-50-53(47,48)51-34-37(41)40(45)46)52-39(44)30-26-24-22-20-17-14-12-10-8-6-4-2/h5,7,10-13,16,18,21,23,25,28,35-37,42H,3-4,6,8-9,14-15,17,19-20,22,24,26-27,29-34,41H2,1-2H3,(H,45,46)(H,47,48)/b7-5-,12-10-,13-11-,18-16-,23-21-,28-25+/t35?,36-,37+/m1/s1. The van der Waals surface area contributed by atoms with Crippen LogP contribution < -0.4 is 5.73 Å². The van der Waals surface area contributed by atoms with Gasteiger partial charge in [0.05, 0.1) is 19.3 Å². The third-order valence-electron chi connectivity index (χ3n) is 7.54. The number of carboxylic acids is 1.